The standard InChI is InChI=1S/C5H5F3N2/c6-2-1-3(7)5(9)10-4(2)8/h1,5,10H,9H2. The Kier molecular flexibility index (Phi) is 1.67. The fourth-order valence-corrected chi connectivity index (χ4v) is 0.549. The van der Waals surface area contributed by atoms with E-state index in [-0.39, 0.29) is 0 Å². The predicted molar refractivity (Wildman–Crippen MR) is 29.5 cm³/mol. The van der Waals surface area contributed by atoms with Crippen LogP contribution in [0.4, 0.5) is 13.2 Å². The van der Waals surface area contributed by atoms with Crippen molar-refractivity contribution in [1.82, 2.24) is 5.32 Å². The van der Waals surface area contributed by atoms with Crippen LogP contribution in [-0.4, -0.2) is 6.17 Å². The second-order valence-electron chi connectivity index (χ2n) is 1.81. The molecule has 1 aliphatic rings. The zero-order chi connectivity index (χ0) is 7.72. The van der Waals surface area contributed by atoms with Crippen LogP contribution >= 0.6 is 0 Å². The Hall–Kier alpha value is -0.970. The van der Waals surface area contributed by atoms with Gasteiger partial charge in [-0.05, 0) is 0 Å². The van der Waals surface area contributed by atoms with Gasteiger partial charge in [0.15, 0.2) is 5.83 Å². The van der Waals surface area contributed by atoms with Crippen molar-refractivity contribution in [3.05, 3.63) is 23.7 Å². The first-order valence-electron chi connectivity index (χ1n) is 2.55. The summed E-state index contributed by atoms with van der Waals surface area (Å²) in [5.41, 5.74) is 4.94. The van der Waals surface area contributed by atoms with Crippen LogP contribution in [0.5, 0.6) is 0 Å². The van der Waals surface area contributed by atoms with E-state index in [1.165, 1.54) is 0 Å². The Balaban J connectivity index is 2.88. The number of nitrogens with two attached hydrogens (primary N) is 1. The minimum Gasteiger partial charge on any atom is -0.338 e. The molecule has 1 heterocycles. The first-order valence-corrected chi connectivity index (χ1v) is 2.55. The maximum absolute atomic E-state index is 12.2. The molecule has 0 saturated carbocycles. The summed E-state index contributed by atoms with van der Waals surface area (Å²) >= 11 is 0. The number of dihydropyridines is 1. The van der Waals surface area contributed by atoms with Crippen LogP contribution in [0.2, 0.25) is 0 Å². The topological polar surface area (TPSA) is 38.0 Å². The zero-order valence-electron chi connectivity index (χ0n) is 4.87. The largest absolute Gasteiger partial charge is 0.338 e. The summed E-state index contributed by atoms with van der Waals surface area (Å²) in [6, 6.07) is 0. The van der Waals surface area contributed by atoms with E-state index < -0.39 is 23.8 Å². The number of hydrogen-bond donors (Lipinski definition) is 2. The summed E-state index contributed by atoms with van der Waals surface area (Å²) in [4.78, 5) is 0. The summed E-state index contributed by atoms with van der Waals surface area (Å²) in [5, 5.41) is 1.75. The highest BCUT2D eigenvalue weighted by atomic mass is 19.2. The Morgan fingerprint density at radius 2 is 2.00 bits per heavy atom. The lowest BCUT2D eigenvalue weighted by atomic mass is 10.3. The van der Waals surface area contributed by atoms with Crippen molar-refractivity contribution in [3.8, 4) is 0 Å². The number of hydrogen-bond acceptors (Lipinski definition) is 2. The lowest BCUT2D eigenvalue weighted by Gasteiger charge is -2.14. The summed E-state index contributed by atoms with van der Waals surface area (Å²) in [7, 11) is 0. The molecule has 5 heteroatoms. The van der Waals surface area contributed by atoms with Gasteiger partial charge in [0.05, 0.1) is 0 Å². The SMILES string of the molecule is NC1NC(F)=C(F)C=C1F. The molecule has 0 aromatic rings. The lowest BCUT2D eigenvalue weighted by molar-refractivity contribution is 0.404. The number of halogens is 3. The third-order valence-corrected chi connectivity index (χ3v) is 1.05. The van der Waals surface area contributed by atoms with Crippen molar-refractivity contribution in [2.75, 3.05) is 0 Å². The number of nitrogens with one attached hydrogen (secondary N) is 1. The second kappa shape index (κ2) is 2.34. The summed E-state index contributed by atoms with van der Waals surface area (Å²) in [5.74, 6) is -3.41. The molecule has 0 amide bonds. The molecule has 0 bridgehead atoms. The number of allylic oxidation sites excluding steroid dienone is 2. The highest BCUT2D eigenvalue weighted by Gasteiger charge is 2.18. The van der Waals surface area contributed by atoms with E-state index in [9.17, 15) is 13.2 Å². The van der Waals surface area contributed by atoms with Crippen LogP contribution in [0, 0.1) is 0 Å². The van der Waals surface area contributed by atoms with E-state index >= 15 is 0 Å². The molecule has 1 atom stereocenters. The highest BCUT2D eigenvalue weighted by Crippen LogP contribution is 2.17. The molecule has 0 aliphatic carbocycles. The molecule has 1 unspecified atom stereocenters. The average Bonchev–Trinajstić information content (AvgIpc) is 1.84. The minimum absolute atomic E-state index is 0.413. The quantitative estimate of drug-likeness (QED) is 0.502. The van der Waals surface area contributed by atoms with Gasteiger partial charge in [0, 0.05) is 6.08 Å². The summed E-state index contributed by atoms with van der Waals surface area (Å²) in [6.07, 6.45) is -0.851. The van der Waals surface area contributed by atoms with Crippen molar-refractivity contribution >= 4 is 0 Å². The summed E-state index contributed by atoms with van der Waals surface area (Å²) in [6.45, 7) is 0. The van der Waals surface area contributed by atoms with Crippen LogP contribution in [0.15, 0.2) is 23.7 Å². The van der Waals surface area contributed by atoms with E-state index in [0.717, 1.165) is 0 Å². The molecule has 0 spiro atoms. The van der Waals surface area contributed by atoms with Crippen molar-refractivity contribution < 1.29 is 13.2 Å². The molecule has 0 aromatic carbocycles. The van der Waals surface area contributed by atoms with E-state index in [2.05, 4.69) is 0 Å². The van der Waals surface area contributed by atoms with Crippen molar-refractivity contribution in [2.24, 2.45) is 5.73 Å². The van der Waals surface area contributed by atoms with Gasteiger partial charge in [-0.15, -0.1) is 0 Å². The molecule has 0 radical (unpaired) electrons. The molecule has 3 N–H and O–H groups in total. The maximum atomic E-state index is 12.2. The molecule has 0 saturated heterocycles. The first-order chi connectivity index (χ1) is 4.61. The second-order valence-corrected chi connectivity index (χ2v) is 1.81. The van der Waals surface area contributed by atoms with Crippen LogP contribution < -0.4 is 11.1 Å². The molecule has 1 aliphatic heterocycles. The van der Waals surface area contributed by atoms with E-state index in [4.69, 9.17) is 5.73 Å². The minimum atomic E-state index is -1.26. The first kappa shape index (κ1) is 7.14. The molecular weight excluding hydrogens is 145 g/mol. The number of rotatable bonds is 0. The molecule has 1 rings (SSSR count). The van der Waals surface area contributed by atoms with E-state index in [0.29, 0.717) is 6.08 Å². The van der Waals surface area contributed by atoms with Gasteiger partial charge in [0.1, 0.15) is 12.0 Å². The third-order valence-electron chi connectivity index (χ3n) is 1.05. The molecule has 10 heavy (non-hydrogen) atoms. The average molecular weight is 150 g/mol. The van der Waals surface area contributed by atoms with Gasteiger partial charge in [0.25, 0.3) is 0 Å². The van der Waals surface area contributed by atoms with E-state index in [1.807, 2.05) is 0 Å². The predicted octanol–water partition coefficient (Wildman–Crippen LogP) is 0.836. The Labute approximate surface area is 55.2 Å². The van der Waals surface area contributed by atoms with Gasteiger partial charge in [-0.3, -0.25) is 0 Å². The van der Waals surface area contributed by atoms with Gasteiger partial charge in [-0.25, -0.2) is 8.78 Å². The van der Waals surface area contributed by atoms with Crippen molar-refractivity contribution in [3.63, 3.8) is 0 Å². The molecule has 2 nitrogen and oxygen atoms in total. The van der Waals surface area contributed by atoms with Gasteiger partial charge in [-0.1, -0.05) is 0 Å². The Bertz CT molecular complexity index is 209. The molecular formula is C5H5F3N2. The van der Waals surface area contributed by atoms with Crippen molar-refractivity contribution in [1.29, 1.82) is 0 Å². The van der Waals surface area contributed by atoms with Gasteiger partial charge < -0.3 is 11.1 Å². The highest BCUT2D eigenvalue weighted by molar-refractivity contribution is 5.24. The molecule has 0 aromatic heterocycles. The van der Waals surface area contributed by atoms with Gasteiger partial charge in [0.2, 0.25) is 5.95 Å². The summed E-state index contributed by atoms with van der Waals surface area (Å²) < 4.78 is 36.4. The fraction of sp³-hybridized carbons (Fsp3) is 0.200. The lowest BCUT2D eigenvalue weighted by Crippen LogP contribution is -2.38. The van der Waals surface area contributed by atoms with Crippen LogP contribution in [0.1, 0.15) is 0 Å². The van der Waals surface area contributed by atoms with Crippen LogP contribution in [0.25, 0.3) is 0 Å². The maximum Gasteiger partial charge on any atom is 0.224 e. The van der Waals surface area contributed by atoms with E-state index in [1.54, 1.807) is 5.32 Å². The third kappa shape index (κ3) is 1.13. The monoisotopic (exact) mass is 150 g/mol. The van der Waals surface area contributed by atoms with Crippen LogP contribution in [0.3, 0.4) is 0 Å². The van der Waals surface area contributed by atoms with Crippen molar-refractivity contribution in [2.45, 2.75) is 6.17 Å². The molecule has 56 valence electrons. The smallest absolute Gasteiger partial charge is 0.224 e. The Morgan fingerprint density at radius 1 is 1.40 bits per heavy atom. The van der Waals surface area contributed by atoms with Gasteiger partial charge in [-0.2, -0.15) is 4.39 Å². The van der Waals surface area contributed by atoms with Gasteiger partial charge >= 0.3 is 0 Å². The normalized spacial score (nSPS) is 26.0. The molecule has 0 fully saturated rings. The fourth-order valence-electron chi connectivity index (χ4n) is 0.549. The Morgan fingerprint density at radius 3 is 2.50 bits per heavy atom. The zero-order valence-corrected chi connectivity index (χ0v) is 4.87. The van der Waals surface area contributed by atoms with Crippen LogP contribution in [-0.2, 0) is 0 Å².